The molecule has 3 N–H and O–H groups in total. The van der Waals surface area contributed by atoms with Crippen LogP contribution in [0.25, 0.3) is 0 Å². The lowest BCUT2D eigenvalue weighted by Crippen LogP contribution is -2.50. The van der Waals surface area contributed by atoms with Crippen molar-refractivity contribution in [1.82, 2.24) is 5.43 Å². The molecule has 0 amide bonds. The van der Waals surface area contributed by atoms with Gasteiger partial charge < -0.3 is 0 Å². The minimum Gasteiger partial charge on any atom is -0.271 e. The molecule has 0 aliphatic heterocycles. The highest BCUT2D eigenvalue weighted by Gasteiger charge is 2.50. The van der Waals surface area contributed by atoms with Gasteiger partial charge in [-0.15, -0.1) is 0 Å². The maximum absolute atomic E-state index is 5.90. The summed E-state index contributed by atoms with van der Waals surface area (Å²) in [5, 5.41) is 4.45. The van der Waals surface area contributed by atoms with E-state index in [9.17, 15) is 0 Å². The van der Waals surface area contributed by atoms with Gasteiger partial charge in [0.15, 0.2) is 0 Å². The van der Waals surface area contributed by atoms with Gasteiger partial charge in [-0.25, -0.2) is 0 Å². The van der Waals surface area contributed by atoms with Gasteiger partial charge >= 0.3 is 0 Å². The van der Waals surface area contributed by atoms with Crippen molar-refractivity contribution < 1.29 is 0 Å². The predicted octanol–water partition coefficient (Wildman–Crippen LogP) is 3.32. The van der Waals surface area contributed by atoms with Crippen LogP contribution >= 0.6 is 11.3 Å². The van der Waals surface area contributed by atoms with Crippen molar-refractivity contribution in [3.05, 3.63) is 22.4 Å². The van der Waals surface area contributed by atoms with Crippen molar-refractivity contribution in [2.45, 2.75) is 38.1 Å². The van der Waals surface area contributed by atoms with Crippen molar-refractivity contribution >= 4 is 11.3 Å². The van der Waals surface area contributed by atoms with E-state index in [-0.39, 0.29) is 0 Å². The average molecular weight is 262 g/mol. The number of hydrazine groups is 1. The normalized spacial score (nSPS) is 43.3. The minimum atomic E-state index is 0.395. The average Bonchev–Trinajstić information content (AvgIpc) is 2.86. The summed E-state index contributed by atoms with van der Waals surface area (Å²) in [4.78, 5) is 0. The number of hydrogen-bond acceptors (Lipinski definition) is 3. The molecular formula is C15H22N2S. The Kier molecular flexibility index (Phi) is 2.75. The molecular weight excluding hydrogens is 240 g/mol. The summed E-state index contributed by atoms with van der Waals surface area (Å²) in [5.74, 6) is 10.6. The summed E-state index contributed by atoms with van der Waals surface area (Å²) >= 11 is 1.79. The molecule has 1 unspecified atom stereocenters. The fourth-order valence-corrected chi connectivity index (χ4v) is 6.09. The molecule has 1 heterocycles. The summed E-state index contributed by atoms with van der Waals surface area (Å²) in [6, 6.07) is 2.64. The first-order chi connectivity index (χ1) is 8.85. The van der Waals surface area contributed by atoms with Gasteiger partial charge in [-0.2, -0.15) is 11.3 Å². The van der Waals surface area contributed by atoms with Gasteiger partial charge in [-0.05, 0) is 84.1 Å². The highest BCUT2D eigenvalue weighted by atomic mass is 32.1. The van der Waals surface area contributed by atoms with Crippen LogP contribution < -0.4 is 11.3 Å². The molecule has 1 aromatic rings. The first kappa shape index (κ1) is 11.4. The van der Waals surface area contributed by atoms with Crippen LogP contribution in [0.1, 0.15) is 43.7 Å². The molecule has 1 atom stereocenters. The number of nitrogens with two attached hydrogens (primary N) is 1. The monoisotopic (exact) mass is 262 g/mol. The Balaban J connectivity index is 1.64. The van der Waals surface area contributed by atoms with Crippen LogP contribution in [0.15, 0.2) is 16.8 Å². The third-order valence-electron chi connectivity index (χ3n) is 5.77. The summed E-state index contributed by atoms with van der Waals surface area (Å²) < 4.78 is 0. The van der Waals surface area contributed by atoms with Crippen molar-refractivity contribution in [2.24, 2.45) is 35.4 Å². The number of rotatable bonds is 3. The summed E-state index contributed by atoms with van der Waals surface area (Å²) in [5.41, 5.74) is 4.56. The molecule has 18 heavy (non-hydrogen) atoms. The molecule has 0 saturated heterocycles. The van der Waals surface area contributed by atoms with Gasteiger partial charge in [0, 0.05) is 0 Å². The predicted molar refractivity (Wildman–Crippen MR) is 74.9 cm³/mol. The van der Waals surface area contributed by atoms with E-state index in [0.29, 0.717) is 6.04 Å². The molecule has 4 bridgehead atoms. The van der Waals surface area contributed by atoms with E-state index in [1.165, 1.54) is 37.7 Å². The largest absolute Gasteiger partial charge is 0.271 e. The Morgan fingerprint density at radius 3 is 2.28 bits per heavy atom. The van der Waals surface area contributed by atoms with E-state index in [4.69, 9.17) is 5.84 Å². The molecule has 5 rings (SSSR count). The molecule has 0 spiro atoms. The summed E-state index contributed by atoms with van der Waals surface area (Å²) in [6.07, 6.45) is 7.42. The van der Waals surface area contributed by atoms with Crippen molar-refractivity contribution in [2.75, 3.05) is 0 Å². The molecule has 4 fully saturated rings. The van der Waals surface area contributed by atoms with Gasteiger partial charge in [0.05, 0.1) is 6.04 Å². The standard InChI is InChI=1S/C15H22N2S/c16-17-15(11-1-2-18-8-11)14-12-4-9-3-10(6-12)7-13(14)5-9/h1-2,8-10,12-15,17H,3-7,16H2. The highest BCUT2D eigenvalue weighted by Crippen LogP contribution is 2.59. The molecule has 1 aromatic heterocycles. The summed E-state index contributed by atoms with van der Waals surface area (Å²) in [7, 11) is 0. The molecule has 4 saturated carbocycles. The van der Waals surface area contributed by atoms with E-state index in [1.54, 1.807) is 11.3 Å². The Morgan fingerprint density at radius 2 is 1.78 bits per heavy atom. The first-order valence-electron chi connectivity index (χ1n) is 7.33. The topological polar surface area (TPSA) is 38.0 Å². The molecule has 4 aliphatic carbocycles. The van der Waals surface area contributed by atoms with Crippen LogP contribution in [-0.2, 0) is 0 Å². The lowest BCUT2D eigenvalue weighted by Gasteiger charge is -2.56. The van der Waals surface area contributed by atoms with Gasteiger partial charge in [0.1, 0.15) is 0 Å². The van der Waals surface area contributed by atoms with Gasteiger partial charge in [-0.1, -0.05) is 0 Å². The highest BCUT2D eigenvalue weighted by molar-refractivity contribution is 7.07. The number of nitrogens with one attached hydrogen (secondary N) is 1. The van der Waals surface area contributed by atoms with Crippen molar-refractivity contribution in [1.29, 1.82) is 0 Å². The van der Waals surface area contributed by atoms with E-state index < -0.39 is 0 Å². The minimum absolute atomic E-state index is 0.395. The Labute approximate surface area is 113 Å². The van der Waals surface area contributed by atoms with E-state index in [0.717, 1.165) is 29.6 Å². The zero-order chi connectivity index (χ0) is 12.1. The van der Waals surface area contributed by atoms with Crippen LogP contribution in [0, 0.1) is 29.6 Å². The fraction of sp³-hybridized carbons (Fsp3) is 0.733. The number of hydrogen-bond donors (Lipinski definition) is 2. The third kappa shape index (κ3) is 1.68. The lowest BCUT2D eigenvalue weighted by molar-refractivity contribution is -0.0525. The molecule has 98 valence electrons. The molecule has 4 aliphatic rings. The second kappa shape index (κ2) is 4.32. The van der Waals surface area contributed by atoms with Crippen molar-refractivity contribution in [3.8, 4) is 0 Å². The first-order valence-corrected chi connectivity index (χ1v) is 8.27. The summed E-state index contributed by atoms with van der Waals surface area (Å²) in [6.45, 7) is 0. The van der Waals surface area contributed by atoms with Crippen LogP contribution in [0.3, 0.4) is 0 Å². The SMILES string of the molecule is NNC(c1ccsc1)C1C2CC3CC(C2)CC1C3. The molecule has 3 heteroatoms. The van der Waals surface area contributed by atoms with E-state index >= 15 is 0 Å². The van der Waals surface area contributed by atoms with Crippen LogP contribution in [-0.4, -0.2) is 0 Å². The van der Waals surface area contributed by atoms with Crippen LogP contribution in [0.2, 0.25) is 0 Å². The molecule has 2 nitrogen and oxygen atoms in total. The van der Waals surface area contributed by atoms with E-state index in [1.807, 2.05) is 0 Å². The van der Waals surface area contributed by atoms with Crippen molar-refractivity contribution in [3.63, 3.8) is 0 Å². The van der Waals surface area contributed by atoms with E-state index in [2.05, 4.69) is 22.3 Å². The van der Waals surface area contributed by atoms with Crippen LogP contribution in [0.4, 0.5) is 0 Å². The second-order valence-corrected chi connectivity index (χ2v) is 7.49. The van der Waals surface area contributed by atoms with Crippen LogP contribution in [0.5, 0.6) is 0 Å². The maximum atomic E-state index is 5.90. The van der Waals surface area contributed by atoms with Gasteiger partial charge in [0.25, 0.3) is 0 Å². The quantitative estimate of drug-likeness (QED) is 0.648. The van der Waals surface area contributed by atoms with Gasteiger partial charge in [0.2, 0.25) is 0 Å². The second-order valence-electron chi connectivity index (χ2n) is 6.71. The third-order valence-corrected chi connectivity index (χ3v) is 6.47. The molecule has 0 radical (unpaired) electrons. The Bertz CT molecular complexity index is 386. The zero-order valence-corrected chi connectivity index (χ0v) is 11.5. The Hall–Kier alpha value is -0.380. The maximum Gasteiger partial charge on any atom is 0.0501 e. The lowest BCUT2D eigenvalue weighted by atomic mass is 9.50. The number of thiophene rings is 1. The fourth-order valence-electron chi connectivity index (χ4n) is 5.39. The molecule has 0 aromatic carbocycles. The smallest absolute Gasteiger partial charge is 0.0501 e. The van der Waals surface area contributed by atoms with Gasteiger partial charge in [-0.3, -0.25) is 11.3 Å². The zero-order valence-electron chi connectivity index (χ0n) is 10.7. The Morgan fingerprint density at radius 1 is 1.11 bits per heavy atom.